The smallest absolute Gasteiger partial charge is 0.258 e. The molecule has 1 aromatic carbocycles. The molecule has 0 aliphatic carbocycles. The van der Waals surface area contributed by atoms with Crippen molar-refractivity contribution in [3.8, 4) is 11.6 Å². The highest BCUT2D eigenvalue weighted by atomic mass is 35.5. The molecule has 0 saturated carbocycles. The molecule has 0 spiro atoms. The average molecular weight is 322 g/mol. The maximum atomic E-state index is 12.2. The van der Waals surface area contributed by atoms with Gasteiger partial charge >= 0.3 is 0 Å². The number of hydrogen-bond acceptors (Lipinski definition) is 5. The van der Waals surface area contributed by atoms with Crippen molar-refractivity contribution >= 4 is 29.3 Å². The maximum absolute atomic E-state index is 12.2. The summed E-state index contributed by atoms with van der Waals surface area (Å²) in [6.45, 7) is 0.582. The average Bonchev–Trinajstić information content (AvgIpc) is 2.77. The summed E-state index contributed by atoms with van der Waals surface area (Å²) in [7, 11) is 1.76. The number of halogens is 1. The van der Waals surface area contributed by atoms with Crippen LogP contribution < -0.4 is 4.74 Å². The lowest BCUT2D eigenvalue weighted by Gasteiger charge is -2.10. The first-order chi connectivity index (χ1) is 10.1. The minimum Gasteiger partial charge on any atom is -0.437 e. The molecule has 2 aromatic rings. The van der Waals surface area contributed by atoms with Gasteiger partial charge in [0.2, 0.25) is 5.88 Å². The molecule has 1 aliphatic rings. The summed E-state index contributed by atoms with van der Waals surface area (Å²) in [6.07, 6.45) is 3.36. The first-order valence-electron chi connectivity index (χ1n) is 6.22. The minimum absolute atomic E-state index is 0.0594. The molecule has 1 aromatic heterocycles. The lowest BCUT2D eigenvalue weighted by atomic mass is 10.1. The van der Waals surface area contributed by atoms with E-state index in [1.165, 1.54) is 18.0 Å². The van der Waals surface area contributed by atoms with E-state index in [2.05, 4.69) is 9.97 Å². The van der Waals surface area contributed by atoms with Crippen molar-refractivity contribution in [3.63, 3.8) is 0 Å². The Labute approximate surface area is 131 Å². The maximum Gasteiger partial charge on any atom is 0.258 e. The number of amides is 1. The first-order valence-corrected chi connectivity index (χ1v) is 7.82. The molecule has 5 nitrogen and oxygen atoms in total. The molecule has 108 valence electrons. The predicted octanol–water partition coefficient (Wildman–Crippen LogP) is 3.23. The minimum atomic E-state index is -0.0594. The largest absolute Gasteiger partial charge is 0.437 e. The Morgan fingerprint density at radius 1 is 1.43 bits per heavy atom. The van der Waals surface area contributed by atoms with Crippen molar-refractivity contribution in [3.05, 3.63) is 40.5 Å². The zero-order chi connectivity index (χ0) is 15.0. The van der Waals surface area contributed by atoms with Gasteiger partial charge in [0.1, 0.15) is 10.8 Å². The fourth-order valence-corrected chi connectivity index (χ4v) is 2.63. The topological polar surface area (TPSA) is 55.3 Å². The Bertz CT molecular complexity index is 723. The third-order valence-electron chi connectivity index (χ3n) is 3.16. The van der Waals surface area contributed by atoms with Crippen molar-refractivity contribution in [1.82, 2.24) is 14.9 Å². The van der Waals surface area contributed by atoms with Crippen molar-refractivity contribution in [1.29, 1.82) is 0 Å². The van der Waals surface area contributed by atoms with Gasteiger partial charge in [0.15, 0.2) is 5.16 Å². The molecule has 0 unspecified atom stereocenters. The molecule has 0 fully saturated rings. The van der Waals surface area contributed by atoms with Gasteiger partial charge in [-0.15, -0.1) is 0 Å². The van der Waals surface area contributed by atoms with E-state index in [0.717, 1.165) is 5.56 Å². The van der Waals surface area contributed by atoms with E-state index in [1.54, 1.807) is 18.0 Å². The SMILES string of the molecule is CSc1ncc(Cl)c(Oc2cccc3c2C(=O)N(C)C3)n1. The van der Waals surface area contributed by atoms with Crippen LogP contribution in [0.3, 0.4) is 0 Å². The van der Waals surface area contributed by atoms with Crippen LogP contribution in [-0.2, 0) is 6.54 Å². The Kier molecular flexibility index (Phi) is 3.73. The summed E-state index contributed by atoms with van der Waals surface area (Å²) in [5.41, 5.74) is 1.51. The van der Waals surface area contributed by atoms with Gasteiger partial charge in [-0.1, -0.05) is 35.5 Å². The van der Waals surface area contributed by atoms with Gasteiger partial charge in [0.25, 0.3) is 5.91 Å². The highest BCUT2D eigenvalue weighted by Gasteiger charge is 2.28. The van der Waals surface area contributed by atoms with Gasteiger partial charge in [-0.3, -0.25) is 4.79 Å². The van der Waals surface area contributed by atoms with Crippen molar-refractivity contribution < 1.29 is 9.53 Å². The summed E-state index contributed by atoms with van der Waals surface area (Å²) in [4.78, 5) is 22.1. The van der Waals surface area contributed by atoms with Crippen LogP contribution in [0.15, 0.2) is 29.6 Å². The van der Waals surface area contributed by atoms with Gasteiger partial charge in [-0.05, 0) is 17.9 Å². The molecule has 0 bridgehead atoms. The quantitative estimate of drug-likeness (QED) is 0.641. The zero-order valence-corrected chi connectivity index (χ0v) is 13.0. The molecule has 0 saturated heterocycles. The van der Waals surface area contributed by atoms with E-state index in [9.17, 15) is 4.79 Å². The molecule has 21 heavy (non-hydrogen) atoms. The monoisotopic (exact) mass is 321 g/mol. The number of aromatic nitrogens is 2. The number of benzene rings is 1. The summed E-state index contributed by atoms with van der Waals surface area (Å²) in [5.74, 6) is 0.664. The van der Waals surface area contributed by atoms with Crippen molar-refractivity contribution in [2.45, 2.75) is 11.7 Å². The fourth-order valence-electron chi connectivity index (χ4n) is 2.16. The normalized spacial score (nSPS) is 13.5. The summed E-state index contributed by atoms with van der Waals surface area (Å²) < 4.78 is 5.77. The summed E-state index contributed by atoms with van der Waals surface area (Å²) in [5, 5.41) is 0.870. The van der Waals surface area contributed by atoms with Crippen LogP contribution in [0.25, 0.3) is 0 Å². The van der Waals surface area contributed by atoms with Crippen LogP contribution in [0.5, 0.6) is 11.6 Å². The Hall–Kier alpha value is -1.79. The van der Waals surface area contributed by atoms with E-state index in [-0.39, 0.29) is 11.8 Å². The van der Waals surface area contributed by atoms with E-state index >= 15 is 0 Å². The molecule has 2 heterocycles. The standard InChI is InChI=1S/C14H12ClN3O2S/c1-18-7-8-4-3-5-10(11(8)13(18)19)20-12-9(15)6-16-14(17-12)21-2/h3-6H,7H2,1-2H3. The number of thioether (sulfide) groups is 1. The lowest BCUT2D eigenvalue weighted by molar-refractivity contribution is 0.0814. The molecule has 0 atom stereocenters. The van der Waals surface area contributed by atoms with E-state index in [1.807, 2.05) is 18.4 Å². The molecule has 3 rings (SSSR count). The Morgan fingerprint density at radius 3 is 3.00 bits per heavy atom. The number of carbonyl (C=O) groups excluding carboxylic acids is 1. The second-order valence-electron chi connectivity index (χ2n) is 4.56. The van der Waals surface area contributed by atoms with E-state index in [4.69, 9.17) is 16.3 Å². The number of hydrogen-bond donors (Lipinski definition) is 0. The zero-order valence-electron chi connectivity index (χ0n) is 11.5. The number of carbonyl (C=O) groups is 1. The molecule has 0 radical (unpaired) electrons. The third-order valence-corrected chi connectivity index (χ3v) is 3.98. The second kappa shape index (κ2) is 5.54. The molecule has 7 heteroatoms. The van der Waals surface area contributed by atoms with Crippen molar-refractivity contribution in [2.75, 3.05) is 13.3 Å². The van der Waals surface area contributed by atoms with Gasteiger partial charge in [-0.2, -0.15) is 4.98 Å². The number of nitrogens with zero attached hydrogens (tertiary/aromatic N) is 3. The Morgan fingerprint density at radius 2 is 2.24 bits per heavy atom. The Balaban J connectivity index is 2.01. The van der Waals surface area contributed by atoms with Crippen LogP contribution in [0.4, 0.5) is 0 Å². The fraction of sp³-hybridized carbons (Fsp3) is 0.214. The van der Waals surface area contributed by atoms with Crippen LogP contribution in [0.2, 0.25) is 5.02 Å². The van der Waals surface area contributed by atoms with Gasteiger partial charge in [0, 0.05) is 13.6 Å². The first kappa shape index (κ1) is 14.2. The highest BCUT2D eigenvalue weighted by Crippen LogP contribution is 2.35. The van der Waals surface area contributed by atoms with Crippen LogP contribution in [-0.4, -0.2) is 34.1 Å². The highest BCUT2D eigenvalue weighted by molar-refractivity contribution is 7.98. The van der Waals surface area contributed by atoms with Crippen LogP contribution >= 0.6 is 23.4 Å². The van der Waals surface area contributed by atoms with Gasteiger partial charge in [0.05, 0.1) is 11.8 Å². The second-order valence-corrected chi connectivity index (χ2v) is 5.74. The molecule has 0 N–H and O–H groups in total. The predicted molar refractivity (Wildman–Crippen MR) is 81.1 cm³/mol. The number of rotatable bonds is 3. The van der Waals surface area contributed by atoms with Crippen molar-refractivity contribution in [2.24, 2.45) is 0 Å². The molecule has 1 amide bonds. The van der Waals surface area contributed by atoms with Crippen LogP contribution in [0, 0.1) is 0 Å². The van der Waals surface area contributed by atoms with Gasteiger partial charge in [-0.25, -0.2) is 4.98 Å². The molecular weight excluding hydrogens is 310 g/mol. The summed E-state index contributed by atoms with van der Waals surface area (Å²) in [6, 6.07) is 5.51. The number of ether oxygens (including phenoxy) is 1. The number of fused-ring (bicyclic) bond motifs is 1. The van der Waals surface area contributed by atoms with Gasteiger partial charge < -0.3 is 9.64 Å². The lowest BCUT2D eigenvalue weighted by Crippen LogP contribution is -2.17. The molecule has 1 aliphatic heterocycles. The van der Waals surface area contributed by atoms with Crippen LogP contribution in [0.1, 0.15) is 15.9 Å². The third kappa shape index (κ3) is 2.56. The molecular formula is C14H12ClN3O2S. The van der Waals surface area contributed by atoms with E-state index < -0.39 is 0 Å². The van der Waals surface area contributed by atoms with E-state index in [0.29, 0.717) is 28.0 Å². The summed E-state index contributed by atoms with van der Waals surface area (Å²) >= 11 is 7.46.